The molecule has 1 aliphatic rings. The van der Waals surface area contributed by atoms with Crippen molar-refractivity contribution in [3.63, 3.8) is 0 Å². The van der Waals surface area contributed by atoms with Crippen molar-refractivity contribution in [3.05, 3.63) is 0 Å². The summed E-state index contributed by atoms with van der Waals surface area (Å²) >= 11 is 4.27. The van der Waals surface area contributed by atoms with Crippen LogP contribution in [0.4, 0.5) is 0 Å². The van der Waals surface area contributed by atoms with Crippen molar-refractivity contribution >= 4 is 12.6 Å². The Hall–Kier alpha value is 0.310. The van der Waals surface area contributed by atoms with Crippen LogP contribution in [0.2, 0.25) is 0 Å². The van der Waals surface area contributed by atoms with E-state index in [1.807, 2.05) is 0 Å². The Kier molecular flexibility index (Phi) is 5.08. The second kappa shape index (κ2) is 5.87. The molecular weight excluding hydrogens is 168 g/mol. The van der Waals surface area contributed by atoms with Crippen LogP contribution in [0.1, 0.15) is 32.6 Å². The molecule has 0 aromatic rings. The molecule has 1 aliphatic carbocycles. The van der Waals surface area contributed by atoms with Gasteiger partial charge in [-0.15, -0.1) is 0 Å². The topological polar surface area (TPSA) is 9.23 Å². The van der Waals surface area contributed by atoms with Crippen molar-refractivity contribution < 1.29 is 4.74 Å². The third-order valence-corrected chi connectivity index (χ3v) is 3.07. The minimum absolute atomic E-state index is 0.660. The third kappa shape index (κ3) is 4.36. The fourth-order valence-electron chi connectivity index (χ4n) is 1.21. The average molecular weight is 188 g/mol. The fourth-order valence-corrected chi connectivity index (χ4v) is 1.57. The van der Waals surface area contributed by atoms with Crippen LogP contribution in [0.25, 0.3) is 0 Å². The Morgan fingerprint density at radius 1 is 1.50 bits per heavy atom. The molecule has 72 valence electrons. The summed E-state index contributed by atoms with van der Waals surface area (Å²) in [6.45, 7) is 4.08. The predicted molar refractivity (Wildman–Crippen MR) is 55.8 cm³/mol. The van der Waals surface area contributed by atoms with Crippen LogP contribution >= 0.6 is 12.6 Å². The lowest BCUT2D eigenvalue weighted by Crippen LogP contribution is -2.11. The molecule has 0 N–H and O–H groups in total. The van der Waals surface area contributed by atoms with Gasteiger partial charge in [-0.1, -0.05) is 26.2 Å². The molecule has 1 unspecified atom stereocenters. The minimum Gasteiger partial charge on any atom is -0.381 e. The zero-order valence-electron chi connectivity index (χ0n) is 7.96. The molecule has 1 nitrogen and oxygen atoms in total. The van der Waals surface area contributed by atoms with Gasteiger partial charge in [0.15, 0.2) is 0 Å². The van der Waals surface area contributed by atoms with E-state index in [1.54, 1.807) is 0 Å². The van der Waals surface area contributed by atoms with E-state index in [9.17, 15) is 0 Å². The molecule has 0 spiro atoms. The molecule has 0 heterocycles. The Morgan fingerprint density at radius 3 is 2.75 bits per heavy atom. The predicted octanol–water partition coefficient (Wildman–Crippen LogP) is 2.76. The van der Waals surface area contributed by atoms with Gasteiger partial charge in [-0.2, -0.15) is 12.6 Å². The summed E-state index contributed by atoms with van der Waals surface area (Å²) in [6.07, 6.45) is 5.34. The summed E-state index contributed by atoms with van der Waals surface area (Å²) in [6, 6.07) is 0. The highest BCUT2D eigenvalue weighted by Gasteiger charge is 2.20. The van der Waals surface area contributed by atoms with E-state index in [1.165, 1.54) is 25.7 Å². The summed E-state index contributed by atoms with van der Waals surface area (Å²) in [7, 11) is 0. The highest BCUT2D eigenvalue weighted by Crippen LogP contribution is 2.32. The Morgan fingerprint density at radius 2 is 2.25 bits per heavy atom. The molecule has 1 rings (SSSR count). The maximum atomic E-state index is 5.58. The van der Waals surface area contributed by atoms with Gasteiger partial charge in [-0.25, -0.2) is 0 Å². The van der Waals surface area contributed by atoms with Crippen LogP contribution in [0, 0.1) is 11.8 Å². The molecule has 0 aliphatic heterocycles. The lowest BCUT2D eigenvalue weighted by molar-refractivity contribution is 0.100. The van der Waals surface area contributed by atoms with Gasteiger partial charge in [0.25, 0.3) is 0 Å². The maximum absolute atomic E-state index is 5.58. The van der Waals surface area contributed by atoms with Gasteiger partial charge < -0.3 is 4.74 Å². The summed E-state index contributed by atoms with van der Waals surface area (Å²) < 4.78 is 5.58. The SMILES string of the molecule is CCC(CS)COCCC1CC1. The van der Waals surface area contributed by atoms with E-state index in [-0.39, 0.29) is 0 Å². The number of hydrogen-bond donors (Lipinski definition) is 1. The van der Waals surface area contributed by atoms with Gasteiger partial charge in [-0.3, -0.25) is 0 Å². The van der Waals surface area contributed by atoms with Crippen LogP contribution in [0.3, 0.4) is 0 Å². The molecular formula is C10H20OS. The van der Waals surface area contributed by atoms with Gasteiger partial charge in [0.05, 0.1) is 6.61 Å². The smallest absolute Gasteiger partial charge is 0.0501 e. The maximum Gasteiger partial charge on any atom is 0.0501 e. The Labute approximate surface area is 81.3 Å². The van der Waals surface area contributed by atoms with E-state index in [2.05, 4.69) is 19.6 Å². The van der Waals surface area contributed by atoms with E-state index in [4.69, 9.17) is 4.74 Å². The second-order valence-corrected chi connectivity index (χ2v) is 4.13. The van der Waals surface area contributed by atoms with Gasteiger partial charge >= 0.3 is 0 Å². The highest BCUT2D eigenvalue weighted by molar-refractivity contribution is 7.80. The van der Waals surface area contributed by atoms with E-state index >= 15 is 0 Å². The lowest BCUT2D eigenvalue weighted by Gasteiger charge is -2.11. The van der Waals surface area contributed by atoms with Crippen LogP contribution in [-0.4, -0.2) is 19.0 Å². The molecule has 12 heavy (non-hydrogen) atoms. The molecule has 0 aromatic carbocycles. The summed E-state index contributed by atoms with van der Waals surface area (Å²) in [5, 5.41) is 0. The van der Waals surface area contributed by atoms with Crippen molar-refractivity contribution in [1.29, 1.82) is 0 Å². The van der Waals surface area contributed by atoms with Crippen LogP contribution < -0.4 is 0 Å². The molecule has 0 radical (unpaired) electrons. The Balaban J connectivity index is 1.85. The summed E-state index contributed by atoms with van der Waals surface area (Å²) in [5.74, 6) is 2.62. The molecule has 0 amide bonds. The number of ether oxygens (including phenoxy) is 1. The normalized spacial score (nSPS) is 19.5. The number of thiol groups is 1. The van der Waals surface area contributed by atoms with Crippen molar-refractivity contribution in [2.75, 3.05) is 19.0 Å². The first-order chi connectivity index (χ1) is 5.86. The van der Waals surface area contributed by atoms with Gasteiger partial charge in [0.2, 0.25) is 0 Å². The standard InChI is InChI=1S/C10H20OS/c1-2-9(8-12)7-11-6-5-10-3-4-10/h9-10,12H,2-8H2,1H3. The van der Waals surface area contributed by atoms with Crippen molar-refractivity contribution in [2.45, 2.75) is 32.6 Å². The molecule has 1 saturated carbocycles. The zero-order chi connectivity index (χ0) is 8.81. The minimum atomic E-state index is 0.660. The highest BCUT2D eigenvalue weighted by atomic mass is 32.1. The number of rotatable bonds is 7. The largest absolute Gasteiger partial charge is 0.381 e. The summed E-state index contributed by atoms with van der Waals surface area (Å²) in [4.78, 5) is 0. The van der Waals surface area contributed by atoms with E-state index in [0.29, 0.717) is 5.92 Å². The monoisotopic (exact) mass is 188 g/mol. The first kappa shape index (κ1) is 10.4. The second-order valence-electron chi connectivity index (χ2n) is 3.76. The third-order valence-electron chi connectivity index (χ3n) is 2.56. The molecule has 0 aromatic heterocycles. The van der Waals surface area contributed by atoms with Crippen molar-refractivity contribution in [3.8, 4) is 0 Å². The Bertz CT molecular complexity index is 108. The first-order valence-electron chi connectivity index (χ1n) is 5.05. The van der Waals surface area contributed by atoms with Crippen molar-refractivity contribution in [2.24, 2.45) is 11.8 Å². The molecule has 0 bridgehead atoms. The molecule has 2 heteroatoms. The van der Waals surface area contributed by atoms with Crippen LogP contribution in [0.5, 0.6) is 0 Å². The van der Waals surface area contributed by atoms with Crippen LogP contribution in [0.15, 0.2) is 0 Å². The summed E-state index contributed by atoms with van der Waals surface area (Å²) in [5.41, 5.74) is 0. The average Bonchev–Trinajstić information content (AvgIpc) is 2.89. The van der Waals surface area contributed by atoms with E-state index < -0.39 is 0 Å². The quantitative estimate of drug-likeness (QED) is 0.477. The van der Waals surface area contributed by atoms with Gasteiger partial charge in [0.1, 0.15) is 0 Å². The fraction of sp³-hybridized carbons (Fsp3) is 1.00. The van der Waals surface area contributed by atoms with E-state index in [0.717, 1.165) is 24.9 Å². The van der Waals surface area contributed by atoms with Crippen LogP contribution in [-0.2, 0) is 4.74 Å². The lowest BCUT2D eigenvalue weighted by atomic mass is 10.1. The van der Waals surface area contributed by atoms with Gasteiger partial charge in [0, 0.05) is 6.61 Å². The first-order valence-corrected chi connectivity index (χ1v) is 5.68. The zero-order valence-corrected chi connectivity index (χ0v) is 8.85. The molecule has 1 atom stereocenters. The number of hydrogen-bond acceptors (Lipinski definition) is 2. The van der Waals surface area contributed by atoms with Crippen molar-refractivity contribution in [1.82, 2.24) is 0 Å². The molecule has 0 saturated heterocycles. The molecule has 1 fully saturated rings. The van der Waals surface area contributed by atoms with Gasteiger partial charge in [-0.05, 0) is 24.0 Å².